The summed E-state index contributed by atoms with van der Waals surface area (Å²) in [5.74, 6) is 1.81. The van der Waals surface area contributed by atoms with Crippen LogP contribution >= 0.6 is 0 Å². The molecule has 25 heavy (non-hydrogen) atoms. The van der Waals surface area contributed by atoms with Crippen LogP contribution in [0.4, 0.5) is 0 Å². The topological polar surface area (TPSA) is 64.6 Å². The van der Waals surface area contributed by atoms with Crippen LogP contribution in [0.15, 0.2) is 42.5 Å². The average Bonchev–Trinajstić information content (AvgIpc) is 3.17. The predicted octanol–water partition coefficient (Wildman–Crippen LogP) is 3.27. The van der Waals surface area contributed by atoms with Crippen molar-refractivity contribution in [2.45, 2.75) is 37.5 Å². The van der Waals surface area contributed by atoms with Crippen LogP contribution in [-0.4, -0.2) is 26.5 Å². The number of hydrogen-bond acceptors (Lipinski definition) is 4. The van der Waals surface area contributed by atoms with E-state index in [1.807, 2.05) is 18.2 Å². The summed E-state index contributed by atoms with van der Waals surface area (Å²) < 4.78 is 37.5. The summed E-state index contributed by atoms with van der Waals surface area (Å²) in [7, 11) is -3.21. The van der Waals surface area contributed by atoms with Gasteiger partial charge in [0.1, 0.15) is 0 Å². The maximum atomic E-state index is 12.0. The van der Waals surface area contributed by atoms with E-state index in [4.69, 9.17) is 9.47 Å². The molecule has 0 saturated heterocycles. The van der Waals surface area contributed by atoms with E-state index in [0.29, 0.717) is 0 Å². The first-order valence-corrected chi connectivity index (χ1v) is 10.00. The van der Waals surface area contributed by atoms with Gasteiger partial charge in [0, 0.05) is 12.0 Å². The first-order valence-electron chi connectivity index (χ1n) is 8.45. The van der Waals surface area contributed by atoms with E-state index in [2.05, 4.69) is 29.0 Å². The fraction of sp³-hybridized carbons (Fsp3) is 0.368. The number of hydrogen-bond donors (Lipinski definition) is 1. The van der Waals surface area contributed by atoms with Gasteiger partial charge in [-0.25, -0.2) is 13.1 Å². The maximum absolute atomic E-state index is 12.0. The zero-order valence-corrected chi connectivity index (χ0v) is 15.0. The van der Waals surface area contributed by atoms with Crippen molar-refractivity contribution >= 4 is 10.0 Å². The van der Waals surface area contributed by atoms with Gasteiger partial charge in [-0.1, -0.05) is 30.3 Å². The Balaban J connectivity index is 1.47. The van der Waals surface area contributed by atoms with Gasteiger partial charge >= 0.3 is 0 Å². The summed E-state index contributed by atoms with van der Waals surface area (Å²) >= 11 is 0. The van der Waals surface area contributed by atoms with Crippen molar-refractivity contribution in [1.82, 2.24) is 4.72 Å². The summed E-state index contributed by atoms with van der Waals surface area (Å²) in [4.78, 5) is 0. The Kier molecular flexibility index (Phi) is 3.96. The molecule has 2 aliphatic rings. The summed E-state index contributed by atoms with van der Waals surface area (Å²) in [6.07, 6.45) is 0.856. The molecule has 0 radical (unpaired) electrons. The monoisotopic (exact) mass is 359 g/mol. The quantitative estimate of drug-likeness (QED) is 0.890. The van der Waals surface area contributed by atoms with Gasteiger partial charge in [-0.05, 0) is 49.1 Å². The third-order valence-corrected chi connectivity index (χ3v) is 6.64. The molecule has 132 valence electrons. The second kappa shape index (κ2) is 6.04. The molecule has 5 nitrogen and oxygen atoms in total. The number of fused-ring (bicyclic) bond motifs is 1. The van der Waals surface area contributed by atoms with Crippen LogP contribution in [0.2, 0.25) is 0 Å². The summed E-state index contributed by atoms with van der Waals surface area (Å²) in [5, 5.41) is -0.401. The summed E-state index contributed by atoms with van der Waals surface area (Å²) in [6.45, 7) is 3.66. The highest BCUT2D eigenvalue weighted by Crippen LogP contribution is 2.42. The summed E-state index contributed by atoms with van der Waals surface area (Å²) in [6, 6.07) is 14.2. The van der Waals surface area contributed by atoms with Gasteiger partial charge in [-0.2, -0.15) is 0 Å². The summed E-state index contributed by atoms with van der Waals surface area (Å²) in [5.41, 5.74) is 3.34. The second-order valence-electron chi connectivity index (χ2n) is 6.85. The molecule has 1 saturated carbocycles. The molecular formula is C19H21NO4S. The van der Waals surface area contributed by atoms with Gasteiger partial charge in [0.15, 0.2) is 11.5 Å². The van der Waals surface area contributed by atoms with Crippen LogP contribution in [0.5, 0.6) is 11.5 Å². The van der Waals surface area contributed by atoms with E-state index in [0.717, 1.165) is 29.0 Å². The van der Waals surface area contributed by atoms with Crippen LogP contribution in [0.1, 0.15) is 31.7 Å². The molecule has 0 amide bonds. The van der Waals surface area contributed by atoms with E-state index < -0.39 is 15.3 Å². The zero-order chi connectivity index (χ0) is 17.6. The van der Waals surface area contributed by atoms with Crippen LogP contribution in [0.3, 0.4) is 0 Å². The Hall–Kier alpha value is -2.05. The molecule has 1 aliphatic carbocycles. The first kappa shape index (κ1) is 16.4. The van der Waals surface area contributed by atoms with Crippen LogP contribution in [-0.2, 0) is 10.0 Å². The Labute approximate surface area is 148 Å². The second-order valence-corrected chi connectivity index (χ2v) is 9.12. The molecule has 1 aliphatic heterocycles. The lowest BCUT2D eigenvalue weighted by Gasteiger charge is -2.09. The number of ether oxygens (including phenoxy) is 2. The fourth-order valence-electron chi connectivity index (χ4n) is 3.04. The van der Waals surface area contributed by atoms with Crippen LogP contribution < -0.4 is 14.2 Å². The van der Waals surface area contributed by atoms with Crippen molar-refractivity contribution in [3.8, 4) is 22.6 Å². The largest absolute Gasteiger partial charge is 0.454 e. The van der Waals surface area contributed by atoms with Gasteiger partial charge in [0.2, 0.25) is 16.8 Å². The van der Waals surface area contributed by atoms with E-state index in [9.17, 15) is 8.42 Å². The highest BCUT2D eigenvalue weighted by molar-refractivity contribution is 7.90. The van der Waals surface area contributed by atoms with Gasteiger partial charge in [0.25, 0.3) is 0 Å². The lowest BCUT2D eigenvalue weighted by Crippen LogP contribution is -2.33. The predicted molar refractivity (Wildman–Crippen MR) is 96.3 cm³/mol. The zero-order valence-electron chi connectivity index (χ0n) is 14.2. The minimum Gasteiger partial charge on any atom is -0.454 e. The molecule has 0 aromatic heterocycles. The lowest BCUT2D eigenvalue weighted by atomic mass is 10.0. The third-order valence-electron chi connectivity index (χ3n) is 4.77. The molecule has 0 spiro atoms. The molecule has 2 aromatic carbocycles. The molecule has 1 N–H and O–H groups in total. The maximum Gasteiger partial charge on any atom is 0.231 e. The van der Waals surface area contributed by atoms with E-state index in [1.165, 1.54) is 5.56 Å². The van der Waals surface area contributed by atoms with Gasteiger partial charge in [0.05, 0.1) is 5.25 Å². The van der Waals surface area contributed by atoms with Crippen molar-refractivity contribution < 1.29 is 17.9 Å². The number of sulfonamides is 1. The fourth-order valence-corrected chi connectivity index (χ4v) is 3.99. The molecule has 1 fully saturated rings. The van der Waals surface area contributed by atoms with Crippen LogP contribution in [0, 0.1) is 0 Å². The Morgan fingerprint density at radius 3 is 2.40 bits per heavy atom. The molecule has 0 bridgehead atoms. The molecule has 2 unspecified atom stereocenters. The van der Waals surface area contributed by atoms with Gasteiger partial charge in [-0.15, -0.1) is 0 Å². The smallest absolute Gasteiger partial charge is 0.231 e. The van der Waals surface area contributed by atoms with Crippen molar-refractivity contribution in [1.29, 1.82) is 0 Å². The van der Waals surface area contributed by atoms with Crippen molar-refractivity contribution in [2.24, 2.45) is 0 Å². The molecule has 4 rings (SSSR count). The van der Waals surface area contributed by atoms with Gasteiger partial charge < -0.3 is 9.47 Å². The van der Waals surface area contributed by atoms with E-state index in [1.54, 1.807) is 13.8 Å². The minimum atomic E-state index is -3.21. The molecule has 6 heteroatoms. The number of nitrogens with one attached hydrogen (secondary N) is 1. The molecule has 2 aromatic rings. The molecule has 2 atom stereocenters. The minimum absolute atomic E-state index is 0.0174. The number of benzene rings is 2. The highest BCUT2D eigenvalue weighted by atomic mass is 32.2. The molecule has 1 heterocycles. The SMILES string of the molecule is CC(C)S(=O)(=O)NC1CC1c1ccc(-c2ccc3c(c2)OCO3)cc1. The lowest BCUT2D eigenvalue weighted by molar-refractivity contribution is 0.174. The van der Waals surface area contributed by atoms with Crippen molar-refractivity contribution in [3.05, 3.63) is 48.0 Å². The average molecular weight is 359 g/mol. The third kappa shape index (κ3) is 3.24. The Bertz CT molecular complexity index is 890. The van der Waals surface area contributed by atoms with Crippen molar-refractivity contribution in [2.75, 3.05) is 6.79 Å². The van der Waals surface area contributed by atoms with E-state index >= 15 is 0 Å². The van der Waals surface area contributed by atoms with Crippen LogP contribution in [0.25, 0.3) is 11.1 Å². The normalized spacial score (nSPS) is 21.6. The highest BCUT2D eigenvalue weighted by Gasteiger charge is 2.41. The molecular weight excluding hydrogens is 338 g/mol. The van der Waals surface area contributed by atoms with E-state index in [-0.39, 0.29) is 18.8 Å². The standard InChI is InChI=1S/C19H21NO4S/c1-12(2)25(21,22)20-17-10-16(17)14-5-3-13(4-6-14)15-7-8-18-19(9-15)24-11-23-18/h3-9,12,16-17,20H,10-11H2,1-2H3. The first-order chi connectivity index (χ1) is 11.9. The Morgan fingerprint density at radius 1 is 1.00 bits per heavy atom. The number of rotatable bonds is 5. The van der Waals surface area contributed by atoms with Gasteiger partial charge in [-0.3, -0.25) is 0 Å². The Morgan fingerprint density at radius 2 is 1.68 bits per heavy atom. The van der Waals surface area contributed by atoms with Crippen molar-refractivity contribution in [3.63, 3.8) is 0 Å².